The number of aromatic nitrogens is 2. The van der Waals surface area contributed by atoms with Crippen molar-refractivity contribution in [3.63, 3.8) is 0 Å². The molecule has 0 bridgehead atoms. The average molecular weight is 499 g/mol. The lowest BCUT2D eigenvalue weighted by molar-refractivity contribution is 0.0646. The minimum absolute atomic E-state index is 0. The van der Waals surface area contributed by atoms with Gasteiger partial charge in [0.1, 0.15) is 0 Å². The number of hydrogen-bond acceptors (Lipinski definition) is 3. The Balaban J connectivity index is 0.00000392. The first-order valence-electron chi connectivity index (χ1n) is 9.63. The van der Waals surface area contributed by atoms with Crippen LogP contribution in [0.4, 0.5) is 0 Å². The highest BCUT2D eigenvalue weighted by atomic mass is 127. The van der Waals surface area contributed by atoms with Crippen LogP contribution in [0.15, 0.2) is 35.3 Å². The van der Waals surface area contributed by atoms with Crippen LogP contribution in [0.2, 0.25) is 0 Å². The van der Waals surface area contributed by atoms with Crippen LogP contribution >= 0.6 is 24.0 Å². The molecule has 0 aliphatic rings. The second kappa shape index (κ2) is 12.8. The van der Waals surface area contributed by atoms with Crippen LogP contribution in [0.5, 0.6) is 0 Å². The van der Waals surface area contributed by atoms with Crippen molar-refractivity contribution in [2.75, 3.05) is 26.7 Å². The molecule has 0 fully saturated rings. The van der Waals surface area contributed by atoms with Crippen molar-refractivity contribution in [2.45, 2.75) is 39.7 Å². The zero-order valence-electron chi connectivity index (χ0n) is 17.7. The Kier molecular flexibility index (Phi) is 11.1. The maximum atomic E-state index is 5.90. The molecule has 2 rings (SSSR count). The Morgan fingerprint density at radius 2 is 1.86 bits per heavy atom. The van der Waals surface area contributed by atoms with Gasteiger partial charge in [-0.3, -0.25) is 9.67 Å². The Hall–Kier alpha value is -1.61. The average Bonchev–Trinajstić information content (AvgIpc) is 2.92. The molecule has 0 radical (unpaired) electrons. The van der Waals surface area contributed by atoms with Gasteiger partial charge >= 0.3 is 0 Å². The van der Waals surface area contributed by atoms with Gasteiger partial charge in [-0.15, -0.1) is 24.0 Å². The van der Waals surface area contributed by atoms with Crippen LogP contribution in [-0.2, 0) is 18.2 Å². The van der Waals surface area contributed by atoms with Gasteiger partial charge in [-0.2, -0.15) is 5.10 Å². The van der Waals surface area contributed by atoms with Crippen molar-refractivity contribution < 1.29 is 4.74 Å². The summed E-state index contributed by atoms with van der Waals surface area (Å²) in [5, 5.41) is 11.2. The van der Waals surface area contributed by atoms with E-state index in [0.29, 0.717) is 6.61 Å². The third-order valence-corrected chi connectivity index (χ3v) is 4.80. The van der Waals surface area contributed by atoms with Crippen LogP contribution in [0.3, 0.4) is 0 Å². The predicted molar refractivity (Wildman–Crippen MR) is 127 cm³/mol. The summed E-state index contributed by atoms with van der Waals surface area (Å²) in [6.45, 7) is 8.63. The fourth-order valence-electron chi connectivity index (χ4n) is 3.07. The lowest BCUT2D eigenvalue weighted by Crippen LogP contribution is -2.39. The normalized spacial score (nSPS) is 12.4. The molecule has 7 heteroatoms. The molecule has 0 saturated carbocycles. The molecule has 0 amide bonds. The van der Waals surface area contributed by atoms with Gasteiger partial charge < -0.3 is 15.4 Å². The number of nitrogens with zero attached hydrogens (tertiary/aromatic N) is 3. The molecule has 28 heavy (non-hydrogen) atoms. The summed E-state index contributed by atoms with van der Waals surface area (Å²) >= 11 is 0. The molecule has 1 aromatic carbocycles. The van der Waals surface area contributed by atoms with E-state index in [1.165, 1.54) is 16.8 Å². The molecule has 2 N–H and O–H groups in total. The van der Waals surface area contributed by atoms with E-state index in [1.807, 2.05) is 29.9 Å². The Morgan fingerprint density at radius 3 is 2.46 bits per heavy atom. The van der Waals surface area contributed by atoms with Gasteiger partial charge in [0.25, 0.3) is 0 Å². The number of ether oxygens (including phenoxy) is 1. The molecule has 6 nitrogen and oxygen atoms in total. The molecular formula is C21H34IN5O. The molecule has 0 spiro atoms. The molecule has 1 unspecified atom stereocenters. The van der Waals surface area contributed by atoms with Crippen molar-refractivity contribution in [1.82, 2.24) is 20.4 Å². The predicted octanol–water partition coefficient (Wildman–Crippen LogP) is 3.53. The third-order valence-electron chi connectivity index (χ3n) is 4.80. The number of aliphatic imine (C=N–C) groups is 1. The monoisotopic (exact) mass is 499 g/mol. The van der Waals surface area contributed by atoms with E-state index in [9.17, 15) is 0 Å². The standard InChI is InChI=1S/C21H33N5O.HI/c1-16-20(17(2)26(5)25-16)12-14-24-21(22-4)23-13-9-15-27-18(3)19-10-7-6-8-11-19;/h6-8,10-11,18H,9,12-15H2,1-5H3,(H2,22,23,24);1H. The maximum absolute atomic E-state index is 5.90. The number of benzene rings is 1. The second-order valence-corrected chi connectivity index (χ2v) is 6.73. The second-order valence-electron chi connectivity index (χ2n) is 6.73. The van der Waals surface area contributed by atoms with E-state index in [2.05, 4.69) is 53.6 Å². The molecule has 156 valence electrons. The minimum atomic E-state index is 0. The highest BCUT2D eigenvalue weighted by Gasteiger charge is 2.09. The van der Waals surface area contributed by atoms with Crippen LogP contribution in [0.25, 0.3) is 0 Å². The van der Waals surface area contributed by atoms with Crippen molar-refractivity contribution in [3.05, 3.63) is 52.8 Å². The summed E-state index contributed by atoms with van der Waals surface area (Å²) in [6.07, 6.45) is 1.98. The molecule has 1 heterocycles. The van der Waals surface area contributed by atoms with E-state index in [4.69, 9.17) is 4.74 Å². The van der Waals surface area contributed by atoms with Crippen LogP contribution in [0, 0.1) is 13.8 Å². The van der Waals surface area contributed by atoms with E-state index in [-0.39, 0.29) is 30.1 Å². The van der Waals surface area contributed by atoms with Crippen LogP contribution in [0.1, 0.15) is 42.0 Å². The number of hydrogen-bond donors (Lipinski definition) is 2. The largest absolute Gasteiger partial charge is 0.374 e. The molecule has 0 aliphatic carbocycles. The van der Waals surface area contributed by atoms with E-state index in [0.717, 1.165) is 37.6 Å². The SMILES string of the molecule is CN=C(NCCCOC(C)c1ccccc1)NCCc1c(C)nn(C)c1C.I. The summed E-state index contributed by atoms with van der Waals surface area (Å²) in [6, 6.07) is 10.3. The first-order valence-corrected chi connectivity index (χ1v) is 9.63. The summed E-state index contributed by atoms with van der Waals surface area (Å²) in [5.41, 5.74) is 4.85. The topological polar surface area (TPSA) is 63.5 Å². The number of nitrogens with one attached hydrogen (secondary N) is 2. The van der Waals surface area contributed by atoms with Crippen molar-refractivity contribution in [3.8, 4) is 0 Å². The molecule has 0 saturated heterocycles. The number of guanidine groups is 1. The Morgan fingerprint density at radius 1 is 1.18 bits per heavy atom. The summed E-state index contributed by atoms with van der Waals surface area (Å²) in [4.78, 5) is 4.28. The van der Waals surface area contributed by atoms with Crippen LogP contribution < -0.4 is 10.6 Å². The van der Waals surface area contributed by atoms with Gasteiger partial charge in [-0.1, -0.05) is 30.3 Å². The van der Waals surface area contributed by atoms with E-state index < -0.39 is 0 Å². The number of rotatable bonds is 9. The van der Waals surface area contributed by atoms with Crippen molar-refractivity contribution >= 4 is 29.9 Å². The fourth-order valence-corrected chi connectivity index (χ4v) is 3.07. The quantitative estimate of drug-likeness (QED) is 0.240. The van der Waals surface area contributed by atoms with E-state index in [1.54, 1.807) is 7.05 Å². The summed E-state index contributed by atoms with van der Waals surface area (Å²) < 4.78 is 7.84. The molecule has 0 aliphatic heterocycles. The molecule has 1 atom stereocenters. The third kappa shape index (κ3) is 7.43. The zero-order chi connectivity index (χ0) is 19.6. The molecule has 1 aromatic heterocycles. The van der Waals surface area contributed by atoms with Gasteiger partial charge in [0.2, 0.25) is 0 Å². The minimum Gasteiger partial charge on any atom is -0.374 e. The highest BCUT2D eigenvalue weighted by molar-refractivity contribution is 14.0. The zero-order valence-corrected chi connectivity index (χ0v) is 20.0. The highest BCUT2D eigenvalue weighted by Crippen LogP contribution is 2.15. The van der Waals surface area contributed by atoms with Crippen molar-refractivity contribution in [1.29, 1.82) is 0 Å². The van der Waals surface area contributed by atoms with Crippen LogP contribution in [-0.4, -0.2) is 42.5 Å². The van der Waals surface area contributed by atoms with E-state index >= 15 is 0 Å². The Labute approximate surface area is 186 Å². The molecule has 2 aromatic rings. The first-order chi connectivity index (χ1) is 13.0. The van der Waals surface area contributed by atoms with Crippen molar-refractivity contribution in [2.24, 2.45) is 12.0 Å². The molecular weight excluding hydrogens is 465 g/mol. The van der Waals surface area contributed by atoms with Gasteiger partial charge in [-0.25, -0.2) is 0 Å². The summed E-state index contributed by atoms with van der Waals surface area (Å²) in [5.74, 6) is 0.824. The summed E-state index contributed by atoms with van der Waals surface area (Å²) in [7, 11) is 3.78. The lowest BCUT2D eigenvalue weighted by Gasteiger charge is -2.15. The van der Waals surface area contributed by atoms with Gasteiger partial charge in [0.15, 0.2) is 5.96 Å². The lowest BCUT2D eigenvalue weighted by atomic mass is 10.1. The van der Waals surface area contributed by atoms with Gasteiger partial charge in [-0.05, 0) is 44.7 Å². The fraction of sp³-hybridized carbons (Fsp3) is 0.524. The van der Waals surface area contributed by atoms with Gasteiger partial charge in [0, 0.05) is 39.5 Å². The first kappa shape index (κ1) is 24.4. The Bertz CT molecular complexity index is 730. The maximum Gasteiger partial charge on any atom is 0.190 e. The van der Waals surface area contributed by atoms with Gasteiger partial charge in [0.05, 0.1) is 11.8 Å². The smallest absolute Gasteiger partial charge is 0.190 e. The number of halogens is 1. The number of aryl methyl sites for hydroxylation is 2.